The number of aromatic carboxylic acids is 1. The summed E-state index contributed by atoms with van der Waals surface area (Å²) in [4.78, 5) is 21.8. The molecule has 2 aromatic rings. The van der Waals surface area contributed by atoms with Crippen LogP contribution in [-0.4, -0.2) is 43.4 Å². The van der Waals surface area contributed by atoms with Gasteiger partial charge in [0.25, 0.3) is 10.0 Å². The van der Waals surface area contributed by atoms with Crippen molar-refractivity contribution in [2.45, 2.75) is 9.79 Å². The van der Waals surface area contributed by atoms with E-state index in [4.69, 9.17) is 26.6 Å². The minimum absolute atomic E-state index is 0.0327. The fourth-order valence-corrected chi connectivity index (χ4v) is 4.07. The van der Waals surface area contributed by atoms with Crippen LogP contribution in [0.15, 0.2) is 46.2 Å². The molecule has 0 aliphatic carbocycles. The molecule has 8 nitrogen and oxygen atoms in total. The smallest absolute Gasteiger partial charge is 0.341 e. The summed E-state index contributed by atoms with van der Waals surface area (Å²) in [7, 11) is -4.02. The minimum atomic E-state index is -4.02. The number of halogens is 1. The highest BCUT2D eigenvalue weighted by Crippen LogP contribution is 2.31. The number of nitrogens with one attached hydrogen (secondary N) is 1. The van der Waals surface area contributed by atoms with Gasteiger partial charge < -0.3 is 14.9 Å². The first-order valence-corrected chi connectivity index (χ1v) is 10.3. The minimum Gasteiger partial charge on any atom is -0.480 e. The number of ether oxygens (including phenoxy) is 1. The van der Waals surface area contributed by atoms with Gasteiger partial charge in [-0.25, -0.2) is 18.0 Å². The van der Waals surface area contributed by atoms with Crippen molar-refractivity contribution in [3.63, 3.8) is 0 Å². The van der Waals surface area contributed by atoms with Crippen molar-refractivity contribution < 1.29 is 33.0 Å². The van der Waals surface area contributed by atoms with Crippen LogP contribution in [0, 0.1) is 0 Å². The maximum Gasteiger partial charge on any atom is 0.341 e. The topological polar surface area (TPSA) is 130 Å². The van der Waals surface area contributed by atoms with E-state index in [1.807, 2.05) is 0 Å². The molecule has 0 spiro atoms. The molecule has 0 heterocycles. The number of thioether (sulfide) groups is 1. The van der Waals surface area contributed by atoms with Gasteiger partial charge in [0.15, 0.2) is 6.61 Å². The normalized spacial score (nSPS) is 11.0. The average Bonchev–Trinajstić information content (AvgIpc) is 2.60. The molecule has 0 amide bonds. The lowest BCUT2D eigenvalue weighted by atomic mass is 10.2. The van der Waals surface area contributed by atoms with E-state index in [2.05, 4.69) is 4.72 Å². The molecule has 0 bridgehead atoms. The Kier molecular flexibility index (Phi) is 6.58. The number of hydrogen-bond acceptors (Lipinski definition) is 6. The van der Waals surface area contributed by atoms with E-state index < -0.39 is 28.6 Å². The van der Waals surface area contributed by atoms with E-state index in [0.29, 0.717) is 4.90 Å². The van der Waals surface area contributed by atoms with Crippen molar-refractivity contribution in [1.29, 1.82) is 0 Å². The summed E-state index contributed by atoms with van der Waals surface area (Å²) in [5.74, 6) is -2.28. The van der Waals surface area contributed by atoms with Crippen molar-refractivity contribution in [2.75, 3.05) is 17.6 Å². The van der Waals surface area contributed by atoms with E-state index in [1.165, 1.54) is 42.1 Å². The van der Waals surface area contributed by atoms with E-state index in [-0.39, 0.29) is 26.9 Å². The Morgan fingerprint density at radius 3 is 2.44 bits per heavy atom. The van der Waals surface area contributed by atoms with Gasteiger partial charge in [-0.2, -0.15) is 0 Å². The molecule has 2 aromatic carbocycles. The zero-order valence-corrected chi connectivity index (χ0v) is 16.2. The number of carboxylic acid groups (broad SMARTS) is 2. The molecule has 0 fully saturated rings. The number of carboxylic acids is 2. The molecular weight excluding hydrogens is 418 g/mol. The predicted molar refractivity (Wildman–Crippen MR) is 101 cm³/mol. The molecule has 0 radical (unpaired) electrons. The molecule has 3 N–H and O–H groups in total. The standard InChI is InChI=1S/C16H14ClNO7S2/c1-26-14-6-9(16(21)22)2-4-12(14)18-27(23,24)10-3-5-13(11(17)7-10)25-8-15(19)20/h2-7,18H,8H2,1H3,(H,19,20)(H,21,22). The Labute approximate surface area is 164 Å². The van der Waals surface area contributed by atoms with E-state index in [9.17, 15) is 18.0 Å². The third-order valence-electron chi connectivity index (χ3n) is 3.26. The van der Waals surface area contributed by atoms with Crippen LogP contribution >= 0.6 is 23.4 Å². The highest BCUT2D eigenvalue weighted by atomic mass is 35.5. The van der Waals surface area contributed by atoms with Crippen molar-refractivity contribution in [2.24, 2.45) is 0 Å². The van der Waals surface area contributed by atoms with Gasteiger partial charge in [0.05, 0.1) is 21.2 Å². The first-order chi connectivity index (χ1) is 12.6. The van der Waals surface area contributed by atoms with Gasteiger partial charge in [-0.15, -0.1) is 11.8 Å². The second-order valence-corrected chi connectivity index (χ2v) is 8.04. The first-order valence-electron chi connectivity index (χ1n) is 7.22. The zero-order valence-electron chi connectivity index (χ0n) is 13.8. The van der Waals surface area contributed by atoms with Gasteiger partial charge in [-0.1, -0.05) is 11.6 Å². The maximum atomic E-state index is 12.6. The van der Waals surface area contributed by atoms with E-state index in [1.54, 1.807) is 6.26 Å². The molecule has 27 heavy (non-hydrogen) atoms. The van der Waals surface area contributed by atoms with E-state index in [0.717, 1.165) is 6.07 Å². The second kappa shape index (κ2) is 8.51. The van der Waals surface area contributed by atoms with Crippen molar-refractivity contribution in [3.05, 3.63) is 47.0 Å². The molecule has 2 rings (SSSR count). The van der Waals surface area contributed by atoms with Crippen LogP contribution in [0.25, 0.3) is 0 Å². The van der Waals surface area contributed by atoms with Gasteiger partial charge in [0.1, 0.15) is 5.75 Å². The maximum absolute atomic E-state index is 12.6. The first kappa shape index (κ1) is 20.9. The Bertz CT molecular complexity index is 992. The largest absolute Gasteiger partial charge is 0.480 e. The SMILES string of the molecule is CSc1cc(C(=O)O)ccc1NS(=O)(=O)c1ccc(OCC(=O)O)c(Cl)c1. The summed E-state index contributed by atoms with van der Waals surface area (Å²) in [6.07, 6.45) is 1.68. The lowest BCUT2D eigenvalue weighted by Gasteiger charge is -2.13. The third-order valence-corrected chi connectivity index (χ3v) is 5.69. The quantitative estimate of drug-likeness (QED) is 0.544. The van der Waals surface area contributed by atoms with Gasteiger partial charge >= 0.3 is 11.9 Å². The van der Waals surface area contributed by atoms with Crippen LogP contribution in [0.3, 0.4) is 0 Å². The molecule has 0 aromatic heterocycles. The van der Waals surface area contributed by atoms with Crippen molar-refractivity contribution in [1.82, 2.24) is 0 Å². The number of aliphatic carboxylic acids is 1. The van der Waals surface area contributed by atoms with Crippen LogP contribution in [0.4, 0.5) is 5.69 Å². The molecule has 0 aliphatic rings. The van der Waals surface area contributed by atoms with Gasteiger partial charge in [0, 0.05) is 4.90 Å². The second-order valence-electron chi connectivity index (χ2n) is 5.10. The number of rotatable bonds is 8. The molecule has 0 saturated heterocycles. The Hall–Kier alpha value is -2.43. The summed E-state index contributed by atoms with van der Waals surface area (Å²) in [5, 5.41) is 17.6. The van der Waals surface area contributed by atoms with Crippen molar-refractivity contribution in [3.8, 4) is 5.75 Å². The number of sulfonamides is 1. The molecule has 0 unspecified atom stereocenters. The lowest BCUT2D eigenvalue weighted by Crippen LogP contribution is -2.14. The number of benzene rings is 2. The van der Waals surface area contributed by atoms with Gasteiger partial charge in [-0.05, 0) is 42.7 Å². The highest BCUT2D eigenvalue weighted by Gasteiger charge is 2.19. The van der Waals surface area contributed by atoms with Crippen molar-refractivity contribution >= 4 is 51.0 Å². The van der Waals surface area contributed by atoms with Gasteiger partial charge in [0.2, 0.25) is 0 Å². The Morgan fingerprint density at radius 1 is 1.19 bits per heavy atom. The molecule has 0 aliphatic heterocycles. The fourth-order valence-electron chi connectivity index (χ4n) is 2.02. The van der Waals surface area contributed by atoms with Crippen LogP contribution in [0.5, 0.6) is 5.75 Å². The van der Waals surface area contributed by atoms with Gasteiger partial charge in [-0.3, -0.25) is 4.72 Å². The fraction of sp³-hybridized carbons (Fsp3) is 0.125. The third kappa shape index (κ3) is 5.28. The molecular formula is C16H14ClNO7S2. The summed E-state index contributed by atoms with van der Waals surface area (Å²) in [5.41, 5.74) is 0.250. The highest BCUT2D eigenvalue weighted by molar-refractivity contribution is 7.99. The lowest BCUT2D eigenvalue weighted by molar-refractivity contribution is -0.139. The summed E-state index contributed by atoms with van der Waals surface area (Å²) >= 11 is 7.14. The zero-order chi connectivity index (χ0) is 20.2. The Morgan fingerprint density at radius 2 is 1.89 bits per heavy atom. The average molecular weight is 432 g/mol. The number of carbonyl (C=O) groups is 2. The number of anilines is 1. The molecule has 0 atom stereocenters. The predicted octanol–water partition coefficient (Wildman–Crippen LogP) is 3.02. The molecule has 0 saturated carbocycles. The Balaban J connectivity index is 2.30. The van der Waals surface area contributed by atoms with E-state index >= 15 is 0 Å². The van der Waals surface area contributed by atoms with Crippen LogP contribution in [-0.2, 0) is 14.8 Å². The molecule has 144 valence electrons. The van der Waals surface area contributed by atoms with Crippen LogP contribution < -0.4 is 9.46 Å². The monoisotopic (exact) mass is 431 g/mol. The summed E-state index contributed by atoms with van der Waals surface area (Å²) in [6, 6.07) is 7.61. The van der Waals surface area contributed by atoms with Crippen LogP contribution in [0.2, 0.25) is 5.02 Å². The number of hydrogen-bond donors (Lipinski definition) is 3. The summed E-state index contributed by atoms with van der Waals surface area (Å²) in [6.45, 7) is -0.614. The molecule has 11 heteroatoms. The summed E-state index contributed by atoms with van der Waals surface area (Å²) < 4.78 is 32.5. The van der Waals surface area contributed by atoms with Crippen LogP contribution in [0.1, 0.15) is 10.4 Å².